The lowest BCUT2D eigenvalue weighted by molar-refractivity contribution is 0.207. The Labute approximate surface area is 198 Å². The highest BCUT2D eigenvalue weighted by Crippen LogP contribution is 2.44. The molecule has 2 bridgehead atoms. The van der Waals surface area contributed by atoms with Crippen molar-refractivity contribution in [1.82, 2.24) is 20.1 Å². The van der Waals surface area contributed by atoms with E-state index in [0.29, 0.717) is 17.2 Å². The van der Waals surface area contributed by atoms with Crippen molar-refractivity contribution in [2.45, 2.75) is 56.7 Å². The van der Waals surface area contributed by atoms with Crippen LogP contribution in [0.1, 0.15) is 39.5 Å². The third kappa shape index (κ3) is 3.96. The molecule has 2 N–H and O–H groups in total. The fourth-order valence-corrected chi connectivity index (χ4v) is 5.67. The quantitative estimate of drug-likeness (QED) is 0.612. The summed E-state index contributed by atoms with van der Waals surface area (Å²) in [6, 6.07) is 9.71. The monoisotopic (exact) mass is 463 g/mol. The van der Waals surface area contributed by atoms with E-state index < -0.39 is 5.82 Å². The van der Waals surface area contributed by atoms with Crippen molar-refractivity contribution >= 4 is 5.82 Å². The minimum Gasteiger partial charge on any atom is -0.507 e. The second-order valence-electron chi connectivity index (χ2n) is 10.4. The Kier molecular flexibility index (Phi) is 5.24. The van der Waals surface area contributed by atoms with Crippen LogP contribution >= 0.6 is 0 Å². The standard InChI is InChI=1S/C26H30FN5O2/c1-25-8-9-26(2,30-25)15-18(14-25)32(4)22-6-5-20(28-29-22)24-19(27)11-17(12-21(24)33)16-7-10-31(3)23(34)13-16/h5-7,10-13,18,30,33H,8-9,14-15H2,1-4H3/t18-,25-,26+. The number of benzene rings is 1. The normalized spacial score (nSPS) is 26.0. The molecule has 2 aliphatic rings. The Morgan fingerprint density at radius 3 is 2.38 bits per heavy atom. The number of hydrogen-bond donors (Lipinski definition) is 2. The summed E-state index contributed by atoms with van der Waals surface area (Å²) in [4.78, 5) is 14.1. The van der Waals surface area contributed by atoms with Crippen molar-refractivity contribution in [3.05, 3.63) is 58.8 Å². The molecule has 5 rings (SSSR count). The molecule has 3 aromatic rings. The number of aromatic hydroxyl groups is 1. The summed E-state index contributed by atoms with van der Waals surface area (Å²) in [5.41, 5.74) is 1.27. The van der Waals surface area contributed by atoms with Crippen LogP contribution in [-0.2, 0) is 7.05 Å². The minimum absolute atomic E-state index is 0.00535. The number of aromatic nitrogens is 3. The predicted octanol–water partition coefficient (Wildman–Crippen LogP) is 3.85. The molecule has 0 amide bonds. The average Bonchev–Trinajstić information content (AvgIpc) is 3.01. The van der Waals surface area contributed by atoms with E-state index in [1.165, 1.54) is 35.6 Å². The number of phenolic OH excluding ortho intramolecular Hbond substituents is 1. The first kappa shape index (κ1) is 22.5. The molecule has 2 aromatic heterocycles. The number of halogens is 1. The van der Waals surface area contributed by atoms with E-state index in [1.54, 1.807) is 25.4 Å². The van der Waals surface area contributed by atoms with Gasteiger partial charge in [0, 0.05) is 43.5 Å². The van der Waals surface area contributed by atoms with Crippen molar-refractivity contribution in [1.29, 1.82) is 0 Å². The van der Waals surface area contributed by atoms with Crippen LogP contribution < -0.4 is 15.8 Å². The number of nitrogens with one attached hydrogen (secondary N) is 1. The van der Waals surface area contributed by atoms with Crippen molar-refractivity contribution in [3.8, 4) is 28.1 Å². The number of rotatable bonds is 4. The Morgan fingerprint density at radius 1 is 1.09 bits per heavy atom. The molecule has 8 heteroatoms. The van der Waals surface area contributed by atoms with E-state index in [4.69, 9.17) is 0 Å². The Morgan fingerprint density at radius 2 is 1.79 bits per heavy atom. The summed E-state index contributed by atoms with van der Waals surface area (Å²) in [6.07, 6.45) is 6.01. The van der Waals surface area contributed by atoms with Crippen molar-refractivity contribution in [2.24, 2.45) is 7.05 Å². The number of fused-ring (bicyclic) bond motifs is 2. The van der Waals surface area contributed by atoms with Gasteiger partial charge in [0.25, 0.3) is 5.56 Å². The van der Waals surface area contributed by atoms with Gasteiger partial charge in [-0.05, 0) is 81.0 Å². The molecular formula is C26H30FN5O2. The predicted molar refractivity (Wildman–Crippen MR) is 130 cm³/mol. The van der Waals surface area contributed by atoms with Crippen molar-refractivity contribution < 1.29 is 9.50 Å². The zero-order chi connectivity index (χ0) is 24.3. The molecule has 7 nitrogen and oxygen atoms in total. The number of nitrogens with zero attached hydrogens (tertiary/aromatic N) is 4. The first-order valence-corrected chi connectivity index (χ1v) is 11.6. The summed E-state index contributed by atoms with van der Waals surface area (Å²) < 4.78 is 16.5. The lowest BCUT2D eigenvalue weighted by Crippen LogP contribution is -2.58. The Bertz CT molecular complexity index is 1270. The molecule has 2 fully saturated rings. The van der Waals surface area contributed by atoms with Crippen LogP contribution in [-0.4, -0.2) is 44.0 Å². The summed E-state index contributed by atoms with van der Waals surface area (Å²) >= 11 is 0. The molecule has 0 unspecified atom stereocenters. The topological polar surface area (TPSA) is 83.3 Å². The number of phenols is 1. The van der Waals surface area contributed by atoms with E-state index in [2.05, 4.69) is 34.3 Å². The maximum absolute atomic E-state index is 15.1. The number of hydrogen-bond acceptors (Lipinski definition) is 6. The maximum Gasteiger partial charge on any atom is 0.250 e. The number of pyridine rings is 1. The summed E-state index contributed by atoms with van der Waals surface area (Å²) in [5, 5.41) is 23.0. The molecule has 0 saturated carbocycles. The molecule has 3 atom stereocenters. The highest BCUT2D eigenvalue weighted by Gasteiger charge is 2.49. The summed E-state index contributed by atoms with van der Waals surface area (Å²) in [6.45, 7) is 4.57. The van der Waals surface area contributed by atoms with Gasteiger partial charge < -0.3 is 19.9 Å². The van der Waals surface area contributed by atoms with Gasteiger partial charge in [-0.2, -0.15) is 0 Å². The van der Waals surface area contributed by atoms with Crippen molar-refractivity contribution in [3.63, 3.8) is 0 Å². The SMILES string of the molecule is CN(c1ccc(-c2c(O)cc(-c3ccn(C)c(=O)c3)cc2F)nn1)[C@H]1C[C@]2(C)CC[C@](C)(C1)N2. The molecule has 2 saturated heterocycles. The zero-order valence-corrected chi connectivity index (χ0v) is 20.0. The van der Waals surface area contributed by atoms with E-state index in [-0.39, 0.29) is 33.6 Å². The second-order valence-corrected chi connectivity index (χ2v) is 10.4. The fraction of sp³-hybridized carbons (Fsp3) is 0.423. The van der Waals surface area contributed by atoms with Crippen molar-refractivity contribution in [2.75, 3.05) is 11.9 Å². The van der Waals surface area contributed by atoms with Crippen LogP contribution in [0.15, 0.2) is 47.4 Å². The van der Waals surface area contributed by atoms with Crippen LogP contribution in [0.5, 0.6) is 5.75 Å². The van der Waals surface area contributed by atoms with Gasteiger partial charge in [0.15, 0.2) is 5.82 Å². The molecule has 0 radical (unpaired) electrons. The van der Waals surface area contributed by atoms with Crippen LogP contribution in [0.4, 0.5) is 10.2 Å². The lowest BCUT2D eigenvalue weighted by atomic mass is 9.84. The smallest absolute Gasteiger partial charge is 0.250 e. The van der Waals surface area contributed by atoms with Gasteiger partial charge in [0.1, 0.15) is 11.6 Å². The third-order valence-electron chi connectivity index (χ3n) is 7.53. The fourth-order valence-electron chi connectivity index (χ4n) is 5.67. The molecule has 178 valence electrons. The molecule has 4 heterocycles. The lowest BCUT2D eigenvalue weighted by Gasteiger charge is -2.45. The summed E-state index contributed by atoms with van der Waals surface area (Å²) in [5.74, 6) is -0.150. The van der Waals surface area contributed by atoms with Crippen LogP contribution in [0.2, 0.25) is 0 Å². The van der Waals surface area contributed by atoms with Gasteiger partial charge in [0.05, 0.1) is 11.3 Å². The van der Waals surface area contributed by atoms with Gasteiger partial charge in [-0.25, -0.2) is 4.39 Å². The van der Waals surface area contributed by atoms with Crippen LogP contribution in [0.3, 0.4) is 0 Å². The Balaban J connectivity index is 1.40. The Hall–Kier alpha value is -3.26. The minimum atomic E-state index is -0.623. The van der Waals surface area contributed by atoms with Crippen LogP contribution in [0, 0.1) is 5.82 Å². The number of aryl methyl sites for hydroxylation is 1. The summed E-state index contributed by atoms with van der Waals surface area (Å²) in [7, 11) is 3.67. The average molecular weight is 464 g/mol. The largest absolute Gasteiger partial charge is 0.507 e. The first-order valence-electron chi connectivity index (χ1n) is 11.6. The van der Waals surface area contributed by atoms with Gasteiger partial charge in [-0.1, -0.05) is 0 Å². The molecule has 2 aliphatic heterocycles. The molecular weight excluding hydrogens is 433 g/mol. The molecule has 34 heavy (non-hydrogen) atoms. The maximum atomic E-state index is 15.1. The molecule has 0 aliphatic carbocycles. The van der Waals surface area contributed by atoms with Crippen LogP contribution in [0.25, 0.3) is 22.4 Å². The van der Waals surface area contributed by atoms with Gasteiger partial charge in [-0.3, -0.25) is 4.79 Å². The van der Waals surface area contributed by atoms with E-state index in [0.717, 1.165) is 18.7 Å². The highest BCUT2D eigenvalue weighted by molar-refractivity contribution is 5.75. The third-order valence-corrected chi connectivity index (χ3v) is 7.53. The molecule has 1 aromatic carbocycles. The van der Waals surface area contributed by atoms with E-state index >= 15 is 4.39 Å². The first-order chi connectivity index (χ1) is 16.1. The molecule has 0 spiro atoms. The number of anilines is 1. The van der Waals surface area contributed by atoms with E-state index in [9.17, 15) is 9.90 Å². The van der Waals surface area contributed by atoms with E-state index in [1.807, 2.05) is 13.1 Å². The second kappa shape index (κ2) is 7.91. The number of piperidine rings is 1. The van der Waals surface area contributed by atoms with Gasteiger partial charge in [-0.15, -0.1) is 10.2 Å². The highest BCUT2D eigenvalue weighted by atomic mass is 19.1. The van der Waals surface area contributed by atoms with Gasteiger partial charge in [0.2, 0.25) is 0 Å². The van der Waals surface area contributed by atoms with Gasteiger partial charge >= 0.3 is 0 Å². The zero-order valence-electron chi connectivity index (χ0n) is 20.0.